The Bertz CT molecular complexity index is 1270. The third kappa shape index (κ3) is 3.97. The number of benzene rings is 1. The number of urea groups is 1. The molecule has 2 aromatic heterocycles. The third-order valence-electron chi connectivity index (χ3n) is 6.75. The third-order valence-corrected chi connectivity index (χ3v) is 8.97. The molecule has 0 saturated carbocycles. The normalized spacial score (nSPS) is 18.4. The molecule has 0 aliphatic carbocycles. The molecule has 2 aliphatic rings. The number of fused-ring (bicyclic) bond motifs is 1. The molecule has 1 aromatic carbocycles. The monoisotopic (exact) mass is 471 g/mol. The van der Waals surface area contributed by atoms with Gasteiger partial charge in [-0.05, 0) is 55.0 Å². The van der Waals surface area contributed by atoms with Crippen LogP contribution in [0.1, 0.15) is 29.9 Å². The predicted octanol–water partition coefficient (Wildman–Crippen LogP) is 3.44. The number of sulfonamides is 1. The molecule has 3 aromatic rings. The molecule has 0 unspecified atom stereocenters. The predicted molar refractivity (Wildman–Crippen MR) is 124 cm³/mol. The number of amides is 2. The molecule has 0 atom stereocenters. The summed E-state index contributed by atoms with van der Waals surface area (Å²) < 4.78 is 41.7. The Kier molecular flexibility index (Phi) is 5.57. The number of para-hydroxylation sites is 1. The van der Waals surface area contributed by atoms with E-state index < -0.39 is 27.1 Å². The average Bonchev–Trinajstić information content (AvgIpc) is 3.19. The minimum atomic E-state index is -3.50. The number of likely N-dealkylation sites (tertiary alicyclic amines) is 1. The summed E-state index contributed by atoms with van der Waals surface area (Å²) in [5.41, 5.74) is 2.77. The molecule has 0 radical (unpaired) electrons. The van der Waals surface area contributed by atoms with Crippen LogP contribution in [0.25, 0.3) is 11.0 Å². The van der Waals surface area contributed by atoms with Crippen LogP contribution in [-0.4, -0.2) is 65.1 Å². The number of pyridine rings is 1. The van der Waals surface area contributed by atoms with Crippen molar-refractivity contribution < 1.29 is 17.6 Å². The maximum absolute atomic E-state index is 14.0. The molecule has 174 valence electrons. The number of aryl methyl sites for hydroxylation is 1. The first-order chi connectivity index (χ1) is 15.8. The van der Waals surface area contributed by atoms with E-state index in [0.29, 0.717) is 18.7 Å². The van der Waals surface area contributed by atoms with E-state index in [1.807, 2.05) is 18.3 Å². The highest BCUT2D eigenvalue weighted by Crippen LogP contribution is 2.34. The Labute approximate surface area is 191 Å². The quantitative estimate of drug-likeness (QED) is 0.609. The summed E-state index contributed by atoms with van der Waals surface area (Å²) in [4.78, 5) is 21.4. The van der Waals surface area contributed by atoms with E-state index in [2.05, 4.69) is 15.3 Å². The van der Waals surface area contributed by atoms with Gasteiger partial charge in [0.2, 0.25) is 10.0 Å². The van der Waals surface area contributed by atoms with Gasteiger partial charge in [-0.1, -0.05) is 12.1 Å². The zero-order valence-electron chi connectivity index (χ0n) is 18.3. The van der Waals surface area contributed by atoms with E-state index in [0.717, 1.165) is 23.9 Å². The Morgan fingerprint density at radius 2 is 1.94 bits per heavy atom. The van der Waals surface area contributed by atoms with Crippen molar-refractivity contribution in [3.8, 4) is 0 Å². The van der Waals surface area contributed by atoms with E-state index in [4.69, 9.17) is 0 Å². The Hall–Kier alpha value is -2.98. The van der Waals surface area contributed by atoms with Crippen LogP contribution in [0.4, 0.5) is 14.9 Å². The second-order valence-electron chi connectivity index (χ2n) is 8.75. The van der Waals surface area contributed by atoms with E-state index in [9.17, 15) is 17.6 Å². The SMILES string of the molecule is Cc1cccc(F)c1NC(=O)N1CC(S(=O)(=O)N2CCC(c3c[nH]c4ncccc34)CC2)C1. The summed E-state index contributed by atoms with van der Waals surface area (Å²) in [5.74, 6) is -0.232. The van der Waals surface area contributed by atoms with Crippen molar-refractivity contribution in [2.45, 2.75) is 30.9 Å². The van der Waals surface area contributed by atoms with Gasteiger partial charge in [0.25, 0.3) is 0 Å². The average molecular weight is 472 g/mol. The summed E-state index contributed by atoms with van der Waals surface area (Å²) in [6.45, 7) is 2.83. The van der Waals surface area contributed by atoms with Crippen LogP contribution in [0.15, 0.2) is 42.7 Å². The van der Waals surface area contributed by atoms with Crippen LogP contribution in [0.5, 0.6) is 0 Å². The first-order valence-corrected chi connectivity index (χ1v) is 12.6. The lowest BCUT2D eigenvalue weighted by atomic mass is 9.90. The highest BCUT2D eigenvalue weighted by atomic mass is 32.2. The standard InChI is InChI=1S/C23H26FN5O3S/c1-15-4-2-6-20(24)21(15)27-23(30)28-13-17(14-28)33(31,32)29-10-7-16(8-11-29)19-12-26-22-18(19)5-3-9-25-22/h2-6,9,12,16-17H,7-8,10-11,13-14H2,1H3,(H,25,26)(H,27,30). The number of carbonyl (C=O) groups excluding carboxylic acids is 1. The lowest BCUT2D eigenvalue weighted by Gasteiger charge is -2.42. The van der Waals surface area contributed by atoms with Gasteiger partial charge in [-0.2, -0.15) is 0 Å². The van der Waals surface area contributed by atoms with Crippen molar-refractivity contribution in [1.82, 2.24) is 19.2 Å². The van der Waals surface area contributed by atoms with Crippen molar-refractivity contribution in [3.63, 3.8) is 0 Å². The molecule has 2 N–H and O–H groups in total. The molecule has 2 aliphatic heterocycles. The van der Waals surface area contributed by atoms with Gasteiger partial charge in [0.15, 0.2) is 0 Å². The molecular weight excluding hydrogens is 445 g/mol. The first kappa shape index (κ1) is 21.8. The second kappa shape index (κ2) is 8.42. The van der Waals surface area contributed by atoms with Gasteiger partial charge in [0.1, 0.15) is 16.7 Å². The van der Waals surface area contributed by atoms with Crippen molar-refractivity contribution in [2.24, 2.45) is 0 Å². The number of halogens is 1. The Morgan fingerprint density at radius 1 is 1.18 bits per heavy atom. The topological polar surface area (TPSA) is 98.4 Å². The molecule has 0 bridgehead atoms. The Balaban J connectivity index is 1.17. The van der Waals surface area contributed by atoms with Crippen LogP contribution in [0, 0.1) is 12.7 Å². The molecular formula is C23H26FN5O3S. The molecule has 4 heterocycles. The molecule has 10 heteroatoms. The van der Waals surface area contributed by atoms with Gasteiger partial charge in [0, 0.05) is 44.0 Å². The number of aromatic amines is 1. The number of hydrogen-bond acceptors (Lipinski definition) is 4. The highest BCUT2D eigenvalue weighted by Gasteiger charge is 2.44. The molecule has 0 spiro atoms. The van der Waals surface area contributed by atoms with E-state index in [-0.39, 0.29) is 24.7 Å². The summed E-state index contributed by atoms with van der Waals surface area (Å²) in [5, 5.41) is 3.02. The largest absolute Gasteiger partial charge is 0.346 e. The highest BCUT2D eigenvalue weighted by molar-refractivity contribution is 7.89. The van der Waals surface area contributed by atoms with E-state index in [1.165, 1.54) is 16.5 Å². The summed E-state index contributed by atoms with van der Waals surface area (Å²) in [7, 11) is -3.50. The van der Waals surface area contributed by atoms with Gasteiger partial charge < -0.3 is 15.2 Å². The van der Waals surface area contributed by atoms with Gasteiger partial charge in [-0.3, -0.25) is 0 Å². The molecule has 2 amide bonds. The summed E-state index contributed by atoms with van der Waals surface area (Å²) in [6, 6.07) is 8.02. The smallest absolute Gasteiger partial charge is 0.322 e. The summed E-state index contributed by atoms with van der Waals surface area (Å²) in [6.07, 6.45) is 5.21. The lowest BCUT2D eigenvalue weighted by molar-refractivity contribution is 0.179. The summed E-state index contributed by atoms with van der Waals surface area (Å²) >= 11 is 0. The minimum absolute atomic E-state index is 0.107. The van der Waals surface area contributed by atoms with Gasteiger partial charge in [-0.25, -0.2) is 26.9 Å². The zero-order valence-corrected chi connectivity index (χ0v) is 19.1. The fraction of sp³-hybridized carbons (Fsp3) is 0.391. The maximum Gasteiger partial charge on any atom is 0.322 e. The zero-order chi connectivity index (χ0) is 23.2. The van der Waals surface area contributed by atoms with Crippen molar-refractivity contribution in [1.29, 1.82) is 0 Å². The van der Waals surface area contributed by atoms with Crippen molar-refractivity contribution >= 4 is 32.8 Å². The first-order valence-electron chi connectivity index (χ1n) is 11.1. The van der Waals surface area contributed by atoms with Gasteiger partial charge in [-0.15, -0.1) is 0 Å². The number of rotatable bonds is 4. The fourth-order valence-corrected chi connectivity index (χ4v) is 6.59. The number of nitrogens with one attached hydrogen (secondary N) is 2. The molecule has 33 heavy (non-hydrogen) atoms. The number of hydrogen-bond donors (Lipinski definition) is 2. The minimum Gasteiger partial charge on any atom is -0.346 e. The molecule has 2 fully saturated rings. The number of nitrogens with zero attached hydrogens (tertiary/aromatic N) is 3. The van der Waals surface area contributed by atoms with E-state index in [1.54, 1.807) is 29.6 Å². The van der Waals surface area contributed by atoms with Crippen LogP contribution < -0.4 is 5.32 Å². The second-order valence-corrected chi connectivity index (χ2v) is 11.0. The van der Waals surface area contributed by atoms with Gasteiger partial charge in [0.05, 0.1) is 5.69 Å². The molecule has 5 rings (SSSR count). The van der Waals surface area contributed by atoms with Crippen molar-refractivity contribution in [2.75, 3.05) is 31.5 Å². The number of carbonyl (C=O) groups is 1. The van der Waals surface area contributed by atoms with Crippen LogP contribution >= 0.6 is 0 Å². The van der Waals surface area contributed by atoms with Crippen molar-refractivity contribution in [3.05, 3.63) is 59.7 Å². The maximum atomic E-state index is 14.0. The van der Waals surface area contributed by atoms with Crippen LogP contribution in [0.2, 0.25) is 0 Å². The number of piperidine rings is 1. The number of anilines is 1. The Morgan fingerprint density at radius 3 is 2.67 bits per heavy atom. The van der Waals surface area contributed by atoms with Gasteiger partial charge >= 0.3 is 6.03 Å². The fourth-order valence-electron chi connectivity index (χ4n) is 4.72. The van der Waals surface area contributed by atoms with E-state index >= 15 is 0 Å². The number of H-pyrrole nitrogens is 1. The number of aromatic nitrogens is 2. The van der Waals surface area contributed by atoms with Crippen LogP contribution in [0.3, 0.4) is 0 Å². The van der Waals surface area contributed by atoms with Crippen LogP contribution in [-0.2, 0) is 10.0 Å². The molecule has 2 saturated heterocycles. The lowest BCUT2D eigenvalue weighted by Crippen LogP contribution is -2.61. The molecule has 8 nitrogen and oxygen atoms in total.